The van der Waals surface area contributed by atoms with E-state index >= 15 is 0 Å². The van der Waals surface area contributed by atoms with Gasteiger partial charge in [0.1, 0.15) is 5.65 Å². The van der Waals surface area contributed by atoms with Gasteiger partial charge >= 0.3 is 6.18 Å². The van der Waals surface area contributed by atoms with E-state index in [1.54, 1.807) is 12.3 Å². The minimum atomic E-state index is -4.46. The van der Waals surface area contributed by atoms with Crippen molar-refractivity contribution in [3.63, 3.8) is 0 Å². The molecule has 5 rings (SSSR count). The Morgan fingerprint density at radius 1 is 0.938 bits per heavy atom. The number of H-pyrrole nitrogens is 1. The average Bonchev–Trinajstić information content (AvgIpc) is 3.19. The Kier molecular flexibility index (Phi) is 5.27. The first-order valence-corrected chi connectivity index (χ1v) is 10.6. The second-order valence-corrected chi connectivity index (χ2v) is 8.27. The normalized spacial score (nSPS) is 14.2. The van der Waals surface area contributed by atoms with Gasteiger partial charge in [0.15, 0.2) is 0 Å². The Morgan fingerprint density at radius 2 is 1.78 bits per heavy atom. The molecule has 162 valence electrons. The number of hydrogen-bond donors (Lipinski definition) is 2. The maximum absolute atomic E-state index is 13.4. The van der Waals surface area contributed by atoms with Gasteiger partial charge in [0.25, 0.3) is 0 Å². The monoisotopic (exact) mass is 453 g/mol. The van der Waals surface area contributed by atoms with Crippen molar-refractivity contribution < 1.29 is 13.2 Å². The van der Waals surface area contributed by atoms with Gasteiger partial charge < -0.3 is 10.3 Å². The summed E-state index contributed by atoms with van der Waals surface area (Å²) in [7, 11) is 0. The molecule has 0 fully saturated rings. The number of halogens is 4. The number of aromatic amines is 1. The van der Waals surface area contributed by atoms with Crippen molar-refractivity contribution in [1.82, 2.24) is 15.3 Å². The second kappa shape index (κ2) is 8.11. The lowest BCUT2D eigenvalue weighted by molar-refractivity contribution is -0.137. The fourth-order valence-electron chi connectivity index (χ4n) is 4.09. The average molecular weight is 454 g/mol. The molecule has 1 aliphatic heterocycles. The van der Waals surface area contributed by atoms with E-state index in [1.165, 1.54) is 29.3 Å². The smallest absolute Gasteiger partial charge is 0.346 e. The quantitative estimate of drug-likeness (QED) is 0.361. The number of rotatable bonds is 3. The van der Waals surface area contributed by atoms with Crippen LogP contribution in [0.2, 0.25) is 5.02 Å². The van der Waals surface area contributed by atoms with Crippen LogP contribution in [-0.2, 0) is 19.1 Å². The molecule has 2 aromatic heterocycles. The lowest BCUT2D eigenvalue weighted by Crippen LogP contribution is -2.23. The van der Waals surface area contributed by atoms with Crippen molar-refractivity contribution >= 4 is 34.8 Å². The van der Waals surface area contributed by atoms with Crippen LogP contribution < -0.4 is 5.32 Å². The van der Waals surface area contributed by atoms with E-state index in [9.17, 15) is 13.2 Å². The third kappa shape index (κ3) is 4.04. The third-order valence-electron chi connectivity index (χ3n) is 5.75. The minimum Gasteiger partial charge on any atom is -0.346 e. The highest BCUT2D eigenvalue weighted by atomic mass is 35.5. The Labute approximate surface area is 188 Å². The molecule has 0 atom stereocenters. The van der Waals surface area contributed by atoms with E-state index in [-0.39, 0.29) is 10.6 Å². The molecular weight excluding hydrogens is 435 g/mol. The zero-order valence-electron chi connectivity index (χ0n) is 16.9. The summed E-state index contributed by atoms with van der Waals surface area (Å²) in [4.78, 5) is 7.60. The van der Waals surface area contributed by atoms with Gasteiger partial charge in [-0.15, -0.1) is 0 Å². The summed E-state index contributed by atoms with van der Waals surface area (Å²) in [6.07, 6.45) is 3.18. The van der Waals surface area contributed by atoms with Gasteiger partial charge in [-0.3, -0.25) is 0 Å². The summed E-state index contributed by atoms with van der Waals surface area (Å²) in [6.45, 7) is 1.84. The lowest BCUT2D eigenvalue weighted by atomic mass is 9.95. The predicted molar refractivity (Wildman–Crippen MR) is 122 cm³/mol. The van der Waals surface area contributed by atoms with Crippen molar-refractivity contribution in [2.24, 2.45) is 0 Å². The van der Waals surface area contributed by atoms with Crippen LogP contribution in [0.3, 0.4) is 0 Å². The highest BCUT2D eigenvalue weighted by molar-refractivity contribution is 6.30. The molecule has 3 nitrogen and oxygen atoms in total. The number of nitrogens with one attached hydrogen (secondary N) is 2. The second-order valence-electron chi connectivity index (χ2n) is 7.84. The molecule has 0 radical (unpaired) electrons. The minimum absolute atomic E-state index is 0.0201. The molecule has 7 heteroatoms. The van der Waals surface area contributed by atoms with Gasteiger partial charge in [0.05, 0.1) is 5.56 Å². The highest BCUT2D eigenvalue weighted by Gasteiger charge is 2.32. The van der Waals surface area contributed by atoms with E-state index in [2.05, 4.69) is 33.5 Å². The van der Waals surface area contributed by atoms with Crippen molar-refractivity contribution in [3.8, 4) is 11.1 Å². The molecular formula is C25H19ClF3N3. The highest BCUT2D eigenvalue weighted by Crippen LogP contribution is 2.35. The fourth-order valence-corrected chi connectivity index (χ4v) is 4.27. The summed E-state index contributed by atoms with van der Waals surface area (Å²) in [5.74, 6) is 0. The summed E-state index contributed by atoms with van der Waals surface area (Å²) < 4.78 is 40.1. The zero-order chi connectivity index (χ0) is 22.3. The van der Waals surface area contributed by atoms with Crippen LogP contribution in [0.25, 0.3) is 34.3 Å². The molecule has 0 bridgehead atoms. The molecule has 0 aliphatic carbocycles. The van der Waals surface area contributed by atoms with E-state index in [4.69, 9.17) is 11.6 Å². The zero-order valence-corrected chi connectivity index (χ0v) is 17.7. The van der Waals surface area contributed by atoms with Gasteiger partial charge in [0.2, 0.25) is 0 Å². The number of fused-ring (bicyclic) bond motifs is 2. The van der Waals surface area contributed by atoms with Crippen molar-refractivity contribution in [3.05, 3.63) is 87.7 Å². The summed E-state index contributed by atoms with van der Waals surface area (Å²) in [5, 5.41) is 4.46. The molecule has 1 aliphatic rings. The van der Waals surface area contributed by atoms with E-state index in [0.717, 1.165) is 47.7 Å². The topological polar surface area (TPSA) is 40.7 Å². The molecule has 2 N–H and O–H groups in total. The van der Waals surface area contributed by atoms with Crippen LogP contribution in [0.15, 0.2) is 54.9 Å². The van der Waals surface area contributed by atoms with Crippen molar-refractivity contribution in [2.75, 3.05) is 6.54 Å². The Morgan fingerprint density at radius 3 is 2.62 bits per heavy atom. The number of hydrogen-bond acceptors (Lipinski definition) is 2. The van der Waals surface area contributed by atoms with Gasteiger partial charge in [-0.25, -0.2) is 4.98 Å². The molecule has 0 spiro atoms. The Balaban J connectivity index is 1.52. The SMILES string of the molecule is FC(F)(F)c1ccc(Cl)cc1/C=C/c1c[nH]c2ncc(-c3ccc4c(c3)CCNC4)cc12. The summed E-state index contributed by atoms with van der Waals surface area (Å²) >= 11 is 5.94. The molecule has 0 unspecified atom stereocenters. The van der Waals surface area contributed by atoms with Crippen LogP contribution in [0.1, 0.15) is 27.8 Å². The Bertz CT molecular complexity index is 1340. The lowest BCUT2D eigenvalue weighted by Gasteiger charge is -2.17. The molecule has 0 amide bonds. The van der Waals surface area contributed by atoms with Crippen LogP contribution in [0, 0.1) is 0 Å². The molecule has 32 heavy (non-hydrogen) atoms. The molecule has 3 heterocycles. The predicted octanol–water partition coefficient (Wildman–Crippen LogP) is 6.72. The first-order chi connectivity index (χ1) is 15.4. The van der Waals surface area contributed by atoms with Gasteiger partial charge in [-0.05, 0) is 59.5 Å². The number of aromatic nitrogens is 2. The van der Waals surface area contributed by atoms with Crippen LogP contribution in [-0.4, -0.2) is 16.5 Å². The largest absolute Gasteiger partial charge is 0.416 e. The third-order valence-corrected chi connectivity index (χ3v) is 5.99. The van der Waals surface area contributed by atoms with Gasteiger partial charge in [-0.1, -0.05) is 42.0 Å². The fraction of sp³-hybridized carbons (Fsp3) is 0.160. The number of benzene rings is 2. The first-order valence-electron chi connectivity index (χ1n) is 10.2. The standard InChI is InChI=1S/C25H19ClF3N3/c26-21-5-6-23(25(27,28)29)17(10-21)2-4-19-13-31-24-22(19)11-20(14-32-24)15-1-3-18-12-30-8-7-16(18)9-15/h1-6,9-11,13-14,30H,7-8,12H2,(H,31,32)/b4-2+. The van der Waals surface area contributed by atoms with E-state index < -0.39 is 11.7 Å². The summed E-state index contributed by atoms with van der Waals surface area (Å²) in [5.41, 5.74) is 5.41. The molecule has 2 aromatic carbocycles. The first kappa shape index (κ1) is 20.8. The van der Waals surface area contributed by atoms with Gasteiger partial charge in [-0.2, -0.15) is 13.2 Å². The van der Waals surface area contributed by atoms with Gasteiger partial charge in [0, 0.05) is 40.5 Å². The van der Waals surface area contributed by atoms with Crippen LogP contribution in [0.5, 0.6) is 0 Å². The maximum Gasteiger partial charge on any atom is 0.416 e. The van der Waals surface area contributed by atoms with Crippen molar-refractivity contribution in [2.45, 2.75) is 19.1 Å². The Hall–Kier alpha value is -3.09. The van der Waals surface area contributed by atoms with E-state index in [0.29, 0.717) is 5.65 Å². The van der Waals surface area contributed by atoms with Crippen LogP contribution in [0.4, 0.5) is 13.2 Å². The molecule has 0 saturated heterocycles. The van der Waals surface area contributed by atoms with Crippen molar-refractivity contribution in [1.29, 1.82) is 0 Å². The molecule has 0 saturated carbocycles. The van der Waals surface area contributed by atoms with E-state index in [1.807, 2.05) is 12.3 Å². The summed E-state index contributed by atoms with van der Waals surface area (Å²) in [6, 6.07) is 12.0. The number of alkyl halides is 3. The maximum atomic E-state index is 13.4. The number of nitrogens with zero attached hydrogens (tertiary/aromatic N) is 1. The number of pyridine rings is 1. The van der Waals surface area contributed by atoms with Crippen LogP contribution >= 0.6 is 11.6 Å². The molecule has 4 aromatic rings.